The monoisotopic (exact) mass is 350 g/mol. The molecule has 2 N–H and O–H groups in total. The Balaban J connectivity index is 1.89. The summed E-state index contributed by atoms with van der Waals surface area (Å²) in [5.74, 6) is -0.0624. The maximum Gasteiger partial charge on any atom is 0.241 e. The number of halogens is 1. The molecule has 2 rings (SSSR count). The third kappa shape index (κ3) is 4.90. The normalized spacial score (nSPS) is 12.0. The average molecular weight is 351 g/mol. The molecule has 1 heterocycles. The summed E-state index contributed by atoms with van der Waals surface area (Å²) in [6.07, 6.45) is 4.50. The molecule has 0 aliphatic heterocycles. The molecule has 0 aliphatic carbocycles. The summed E-state index contributed by atoms with van der Waals surface area (Å²) in [4.78, 5) is 11.3. The summed E-state index contributed by atoms with van der Waals surface area (Å²) in [5, 5.41) is 10.1. The highest BCUT2D eigenvalue weighted by Gasteiger charge is 2.07. The Kier molecular flexibility index (Phi) is 5.38. The van der Waals surface area contributed by atoms with Gasteiger partial charge in [0.05, 0.1) is 11.9 Å². The summed E-state index contributed by atoms with van der Waals surface area (Å²) in [5.41, 5.74) is 2.19. The molecular formula is C15H19BrN4O. The first-order chi connectivity index (χ1) is 10.1. The molecule has 0 spiro atoms. The Bertz CT molecular complexity index is 594. The lowest BCUT2D eigenvalue weighted by atomic mass is 10.1. The van der Waals surface area contributed by atoms with Gasteiger partial charge in [-0.15, -0.1) is 0 Å². The Morgan fingerprint density at radius 1 is 1.38 bits per heavy atom. The molecule has 0 saturated heterocycles. The van der Waals surface area contributed by atoms with Crippen LogP contribution in [0, 0.1) is 0 Å². The van der Waals surface area contributed by atoms with Crippen molar-refractivity contribution in [3.05, 3.63) is 46.7 Å². The predicted octanol–water partition coefficient (Wildman–Crippen LogP) is 2.43. The van der Waals surface area contributed by atoms with Crippen LogP contribution in [-0.2, 0) is 17.8 Å². The van der Waals surface area contributed by atoms with Gasteiger partial charge in [0.25, 0.3) is 0 Å². The number of nitrogens with one attached hydrogen (secondary N) is 2. The van der Waals surface area contributed by atoms with Gasteiger partial charge in [0, 0.05) is 23.8 Å². The van der Waals surface area contributed by atoms with Gasteiger partial charge in [-0.2, -0.15) is 5.10 Å². The summed E-state index contributed by atoms with van der Waals surface area (Å²) < 4.78 is 2.70. The Labute approximate surface area is 132 Å². The van der Waals surface area contributed by atoms with Crippen molar-refractivity contribution >= 4 is 27.5 Å². The van der Waals surface area contributed by atoms with Crippen LogP contribution in [0.2, 0.25) is 0 Å². The van der Waals surface area contributed by atoms with Gasteiger partial charge in [-0.3, -0.25) is 9.48 Å². The van der Waals surface area contributed by atoms with Crippen molar-refractivity contribution in [2.45, 2.75) is 25.9 Å². The first-order valence-corrected chi connectivity index (χ1v) is 7.60. The zero-order valence-corrected chi connectivity index (χ0v) is 13.7. The van der Waals surface area contributed by atoms with Gasteiger partial charge in [-0.25, -0.2) is 0 Å². The molecule has 1 aromatic heterocycles. The number of likely N-dealkylation sites (N-methyl/N-ethyl adjacent to an activating group) is 1. The maximum absolute atomic E-state index is 11.3. The van der Waals surface area contributed by atoms with Crippen LogP contribution in [0.3, 0.4) is 0 Å². The molecule has 1 aromatic carbocycles. The van der Waals surface area contributed by atoms with E-state index in [4.69, 9.17) is 0 Å². The zero-order valence-electron chi connectivity index (χ0n) is 12.1. The van der Waals surface area contributed by atoms with Gasteiger partial charge in [0.2, 0.25) is 5.91 Å². The Hall–Kier alpha value is -1.82. The van der Waals surface area contributed by atoms with E-state index in [0.717, 1.165) is 16.6 Å². The molecule has 0 saturated carbocycles. The fourth-order valence-electron chi connectivity index (χ4n) is 2.06. The second-order valence-electron chi connectivity index (χ2n) is 4.98. The number of benzene rings is 1. The highest BCUT2D eigenvalue weighted by atomic mass is 79.9. The number of rotatable bonds is 6. The van der Waals surface area contributed by atoms with E-state index in [1.807, 2.05) is 18.3 Å². The number of hydrogen-bond donors (Lipinski definition) is 2. The highest BCUT2D eigenvalue weighted by Crippen LogP contribution is 2.14. The van der Waals surface area contributed by atoms with Crippen LogP contribution in [0.15, 0.2) is 41.1 Å². The van der Waals surface area contributed by atoms with Crippen molar-refractivity contribution in [1.29, 1.82) is 0 Å². The molecule has 6 heteroatoms. The zero-order chi connectivity index (χ0) is 15.2. The molecule has 0 radical (unpaired) electrons. The topological polar surface area (TPSA) is 59.0 Å². The molecule has 0 aliphatic rings. The van der Waals surface area contributed by atoms with Crippen LogP contribution in [0.1, 0.15) is 12.5 Å². The minimum absolute atomic E-state index is 0.0624. The van der Waals surface area contributed by atoms with E-state index >= 15 is 0 Å². The van der Waals surface area contributed by atoms with E-state index < -0.39 is 0 Å². The minimum atomic E-state index is -0.0624. The highest BCUT2D eigenvalue weighted by molar-refractivity contribution is 9.10. The van der Waals surface area contributed by atoms with Gasteiger partial charge >= 0.3 is 0 Å². The van der Waals surface area contributed by atoms with Crippen LogP contribution < -0.4 is 10.6 Å². The van der Waals surface area contributed by atoms with Crippen molar-refractivity contribution in [3.8, 4) is 0 Å². The number of carbonyl (C=O) groups is 1. The lowest BCUT2D eigenvalue weighted by molar-refractivity contribution is -0.121. The predicted molar refractivity (Wildman–Crippen MR) is 87.2 cm³/mol. The summed E-state index contributed by atoms with van der Waals surface area (Å²) in [6, 6.07) is 8.59. The molecule has 5 nitrogen and oxygen atoms in total. The van der Waals surface area contributed by atoms with Crippen molar-refractivity contribution < 1.29 is 4.79 Å². The second kappa shape index (κ2) is 7.26. The van der Waals surface area contributed by atoms with Crippen molar-refractivity contribution in [3.63, 3.8) is 0 Å². The quantitative estimate of drug-likeness (QED) is 0.841. The van der Waals surface area contributed by atoms with Crippen molar-refractivity contribution in [2.24, 2.45) is 0 Å². The van der Waals surface area contributed by atoms with Crippen LogP contribution in [0.5, 0.6) is 0 Å². The van der Waals surface area contributed by atoms with E-state index in [2.05, 4.69) is 50.7 Å². The van der Waals surface area contributed by atoms with Crippen molar-refractivity contribution in [1.82, 2.24) is 15.1 Å². The fourth-order valence-corrected chi connectivity index (χ4v) is 2.32. The minimum Gasteiger partial charge on any atom is -0.380 e. The standard InChI is InChI=1S/C15H19BrN4O/c1-11(7-12-3-5-13(16)6-4-12)19-14-8-18-20(9-14)10-15(21)17-2/h3-6,8-9,11,19H,7,10H2,1-2H3,(H,17,21). The fraction of sp³-hybridized carbons (Fsp3) is 0.333. The van der Waals surface area contributed by atoms with E-state index in [1.165, 1.54) is 5.56 Å². The smallest absolute Gasteiger partial charge is 0.241 e. The van der Waals surface area contributed by atoms with Gasteiger partial charge in [0.1, 0.15) is 6.54 Å². The average Bonchev–Trinajstić information content (AvgIpc) is 2.88. The number of nitrogens with zero attached hydrogens (tertiary/aromatic N) is 2. The molecule has 112 valence electrons. The lowest BCUT2D eigenvalue weighted by Gasteiger charge is -2.13. The van der Waals surface area contributed by atoms with E-state index in [9.17, 15) is 4.79 Å². The molecule has 0 fully saturated rings. The van der Waals surface area contributed by atoms with Gasteiger partial charge in [-0.05, 0) is 31.0 Å². The number of hydrogen-bond acceptors (Lipinski definition) is 3. The van der Waals surface area contributed by atoms with E-state index in [0.29, 0.717) is 0 Å². The van der Waals surface area contributed by atoms with Crippen LogP contribution in [-0.4, -0.2) is 28.8 Å². The molecular weight excluding hydrogens is 332 g/mol. The third-order valence-electron chi connectivity index (χ3n) is 3.09. The molecule has 21 heavy (non-hydrogen) atoms. The number of aromatic nitrogens is 2. The summed E-state index contributed by atoms with van der Waals surface area (Å²) in [6.45, 7) is 2.36. The molecule has 1 atom stereocenters. The maximum atomic E-state index is 11.3. The number of carbonyl (C=O) groups excluding carboxylic acids is 1. The van der Waals surface area contributed by atoms with Gasteiger partial charge in [-0.1, -0.05) is 28.1 Å². The molecule has 0 bridgehead atoms. The van der Waals surface area contributed by atoms with Crippen LogP contribution in [0.4, 0.5) is 5.69 Å². The Morgan fingerprint density at radius 3 is 2.76 bits per heavy atom. The van der Waals surface area contributed by atoms with E-state index in [1.54, 1.807) is 17.9 Å². The number of anilines is 1. The lowest BCUT2D eigenvalue weighted by Crippen LogP contribution is -2.23. The molecule has 2 aromatic rings. The van der Waals surface area contributed by atoms with E-state index in [-0.39, 0.29) is 18.5 Å². The first kappa shape index (κ1) is 15.6. The summed E-state index contributed by atoms with van der Waals surface area (Å²) >= 11 is 3.43. The third-order valence-corrected chi connectivity index (χ3v) is 3.61. The first-order valence-electron chi connectivity index (χ1n) is 6.81. The largest absolute Gasteiger partial charge is 0.380 e. The number of amides is 1. The van der Waals surface area contributed by atoms with Crippen molar-refractivity contribution in [2.75, 3.05) is 12.4 Å². The van der Waals surface area contributed by atoms with Gasteiger partial charge in [0.15, 0.2) is 0 Å². The van der Waals surface area contributed by atoms with Gasteiger partial charge < -0.3 is 10.6 Å². The molecule has 1 unspecified atom stereocenters. The SMILES string of the molecule is CNC(=O)Cn1cc(NC(C)Cc2ccc(Br)cc2)cn1. The Morgan fingerprint density at radius 2 is 2.10 bits per heavy atom. The second-order valence-corrected chi connectivity index (χ2v) is 5.89. The molecule has 1 amide bonds. The van der Waals surface area contributed by atoms with Crippen LogP contribution in [0.25, 0.3) is 0 Å². The summed E-state index contributed by atoms with van der Waals surface area (Å²) in [7, 11) is 1.62. The van der Waals surface area contributed by atoms with Crippen LogP contribution >= 0.6 is 15.9 Å².